The van der Waals surface area contributed by atoms with Crippen molar-refractivity contribution >= 4 is 87.4 Å². The number of hydrogen-bond acceptors (Lipinski definition) is 3. The summed E-state index contributed by atoms with van der Waals surface area (Å²) in [6.07, 6.45) is 0. The molecule has 0 aliphatic rings. The number of hydrogen-bond donors (Lipinski definition) is 0. The first kappa shape index (κ1) is 32.2. The summed E-state index contributed by atoms with van der Waals surface area (Å²) in [6.45, 7) is 0. The van der Waals surface area contributed by atoms with Crippen molar-refractivity contribution in [3.8, 4) is 44.5 Å². The third kappa shape index (κ3) is 4.64. The molecule has 0 radical (unpaired) electrons. The molecular formula is C56H32O3. The van der Waals surface area contributed by atoms with Gasteiger partial charge in [-0.15, -0.1) is 0 Å². The van der Waals surface area contributed by atoms with E-state index in [9.17, 15) is 0 Å². The zero-order chi connectivity index (χ0) is 38.6. The first-order chi connectivity index (χ1) is 29.3. The van der Waals surface area contributed by atoms with Crippen molar-refractivity contribution in [1.29, 1.82) is 0 Å². The Balaban J connectivity index is 1.10. The summed E-state index contributed by atoms with van der Waals surface area (Å²) < 4.78 is 20.3. The van der Waals surface area contributed by atoms with Gasteiger partial charge in [0.1, 0.15) is 33.5 Å². The molecule has 0 spiro atoms. The number of furan rings is 3. The minimum Gasteiger partial charge on any atom is -0.456 e. The van der Waals surface area contributed by atoms with Gasteiger partial charge in [0, 0.05) is 49.0 Å². The van der Waals surface area contributed by atoms with Gasteiger partial charge < -0.3 is 13.3 Å². The molecule has 59 heavy (non-hydrogen) atoms. The van der Waals surface area contributed by atoms with Crippen LogP contribution < -0.4 is 0 Å². The largest absolute Gasteiger partial charge is 0.456 e. The highest BCUT2D eigenvalue weighted by molar-refractivity contribution is 6.27. The summed E-state index contributed by atoms with van der Waals surface area (Å²) in [5, 5.41) is 11.3. The Morgan fingerprint density at radius 2 is 0.678 bits per heavy atom. The standard InChI is InChI=1S/C56H32O3/c1-2-14-33(15-3-1)51-38-17-4-6-19-40(38)52(41-20-7-5-18-39(41)51)46-31-29-42(54-45-22-10-13-25-49(45)59-56(46)54)43-30-28-35(53-44-21-9-12-24-48(44)58-55(43)53)34-26-27-37-36-16-8-11-23-47(36)57-50(37)32-34/h1-32H. The van der Waals surface area contributed by atoms with E-state index >= 15 is 0 Å². The van der Waals surface area contributed by atoms with Crippen molar-refractivity contribution in [2.45, 2.75) is 0 Å². The zero-order valence-corrected chi connectivity index (χ0v) is 31.7. The van der Waals surface area contributed by atoms with Gasteiger partial charge in [-0.1, -0.05) is 152 Å². The second kappa shape index (κ2) is 12.3. The lowest BCUT2D eigenvalue weighted by molar-refractivity contribution is 0.668. The maximum absolute atomic E-state index is 7.00. The van der Waals surface area contributed by atoms with Crippen LogP contribution >= 0.6 is 0 Å². The van der Waals surface area contributed by atoms with Crippen LogP contribution in [0.4, 0.5) is 0 Å². The molecule has 3 aromatic heterocycles. The molecule has 3 heteroatoms. The molecule has 0 amide bonds. The van der Waals surface area contributed by atoms with Crippen LogP contribution in [0.5, 0.6) is 0 Å². The summed E-state index contributed by atoms with van der Waals surface area (Å²) in [5.41, 5.74) is 14.1. The summed E-state index contributed by atoms with van der Waals surface area (Å²) in [5.74, 6) is 0. The average Bonchev–Trinajstić information content (AvgIpc) is 4.00. The van der Waals surface area contributed by atoms with E-state index in [1.54, 1.807) is 0 Å². The van der Waals surface area contributed by atoms with Crippen LogP contribution in [0.2, 0.25) is 0 Å². The second-order valence-electron chi connectivity index (χ2n) is 15.4. The molecule has 0 N–H and O–H groups in total. The first-order valence-corrected chi connectivity index (χ1v) is 20.1. The van der Waals surface area contributed by atoms with E-state index in [0.717, 1.165) is 99.2 Å². The summed E-state index contributed by atoms with van der Waals surface area (Å²) in [6, 6.07) is 68.9. The molecule has 0 aliphatic carbocycles. The molecule has 13 aromatic rings. The third-order valence-corrected chi connectivity index (χ3v) is 12.3. The van der Waals surface area contributed by atoms with E-state index in [2.05, 4.69) is 176 Å². The van der Waals surface area contributed by atoms with E-state index < -0.39 is 0 Å². The monoisotopic (exact) mass is 752 g/mol. The maximum atomic E-state index is 7.00. The van der Waals surface area contributed by atoms with Gasteiger partial charge in [-0.05, 0) is 91.8 Å². The maximum Gasteiger partial charge on any atom is 0.143 e. The molecule has 3 heterocycles. The summed E-state index contributed by atoms with van der Waals surface area (Å²) >= 11 is 0. The van der Waals surface area contributed by atoms with Crippen LogP contribution in [-0.4, -0.2) is 0 Å². The number of para-hydroxylation sites is 3. The van der Waals surface area contributed by atoms with Crippen molar-refractivity contribution in [2.75, 3.05) is 0 Å². The molecule has 10 aromatic carbocycles. The Bertz CT molecular complexity index is 3780. The van der Waals surface area contributed by atoms with Gasteiger partial charge >= 0.3 is 0 Å². The van der Waals surface area contributed by atoms with E-state index in [4.69, 9.17) is 13.3 Å². The van der Waals surface area contributed by atoms with Gasteiger partial charge in [0.2, 0.25) is 0 Å². The van der Waals surface area contributed by atoms with Gasteiger partial charge in [-0.2, -0.15) is 0 Å². The number of rotatable bonds is 4. The van der Waals surface area contributed by atoms with E-state index in [-0.39, 0.29) is 0 Å². The Labute approximate surface area is 337 Å². The van der Waals surface area contributed by atoms with Crippen molar-refractivity contribution < 1.29 is 13.3 Å². The second-order valence-corrected chi connectivity index (χ2v) is 15.4. The van der Waals surface area contributed by atoms with Gasteiger partial charge in [0.25, 0.3) is 0 Å². The molecule has 0 unspecified atom stereocenters. The molecule has 0 atom stereocenters. The van der Waals surface area contributed by atoms with E-state index in [0.29, 0.717) is 0 Å². The van der Waals surface area contributed by atoms with Crippen LogP contribution in [-0.2, 0) is 0 Å². The molecule has 3 nitrogen and oxygen atoms in total. The highest BCUT2D eigenvalue weighted by Crippen LogP contribution is 2.50. The Morgan fingerprint density at radius 1 is 0.237 bits per heavy atom. The highest BCUT2D eigenvalue weighted by atomic mass is 16.3. The predicted octanol–water partition coefficient (Wildman–Crippen LogP) is 16.4. The van der Waals surface area contributed by atoms with E-state index in [1.165, 1.54) is 32.7 Å². The quantitative estimate of drug-likeness (QED) is 0.168. The minimum absolute atomic E-state index is 0.843. The van der Waals surface area contributed by atoms with Crippen LogP contribution in [0.15, 0.2) is 207 Å². The Kier molecular flexibility index (Phi) is 6.72. The number of fused-ring (bicyclic) bond motifs is 11. The normalized spacial score (nSPS) is 12.1. The lowest BCUT2D eigenvalue weighted by Crippen LogP contribution is -1.92. The van der Waals surface area contributed by atoms with Crippen molar-refractivity contribution in [3.63, 3.8) is 0 Å². The molecule has 0 saturated carbocycles. The summed E-state index contributed by atoms with van der Waals surface area (Å²) in [4.78, 5) is 0. The van der Waals surface area contributed by atoms with Crippen LogP contribution in [0.3, 0.4) is 0 Å². The fourth-order valence-electron chi connectivity index (χ4n) is 9.76. The van der Waals surface area contributed by atoms with Crippen molar-refractivity contribution in [2.24, 2.45) is 0 Å². The Morgan fingerprint density at radius 3 is 1.32 bits per heavy atom. The molecule has 13 rings (SSSR count). The smallest absolute Gasteiger partial charge is 0.143 e. The van der Waals surface area contributed by atoms with Crippen molar-refractivity contribution in [3.05, 3.63) is 194 Å². The zero-order valence-electron chi connectivity index (χ0n) is 31.7. The molecule has 0 bridgehead atoms. The van der Waals surface area contributed by atoms with Crippen molar-refractivity contribution in [1.82, 2.24) is 0 Å². The molecule has 274 valence electrons. The number of benzene rings is 10. The third-order valence-electron chi connectivity index (χ3n) is 12.3. The van der Waals surface area contributed by atoms with Crippen LogP contribution in [0.1, 0.15) is 0 Å². The lowest BCUT2D eigenvalue weighted by atomic mass is 9.84. The van der Waals surface area contributed by atoms with Crippen LogP contribution in [0, 0.1) is 0 Å². The van der Waals surface area contributed by atoms with Gasteiger partial charge in [0.05, 0.1) is 0 Å². The summed E-state index contributed by atoms with van der Waals surface area (Å²) in [7, 11) is 0. The minimum atomic E-state index is 0.843. The average molecular weight is 753 g/mol. The SMILES string of the molecule is c1ccc(-c2c3ccccc3c(-c3ccc(-c4ccc(-c5ccc6c(c5)oc5ccccc56)c5c4oc4ccccc45)c4c3oc3ccccc34)c3ccccc23)cc1. The van der Waals surface area contributed by atoms with E-state index in [1.807, 2.05) is 18.2 Å². The molecule has 0 saturated heterocycles. The fourth-order valence-corrected chi connectivity index (χ4v) is 9.76. The topological polar surface area (TPSA) is 39.4 Å². The Hall–Kier alpha value is -7.88. The highest BCUT2D eigenvalue weighted by Gasteiger charge is 2.25. The molecular weight excluding hydrogens is 721 g/mol. The fraction of sp³-hybridized carbons (Fsp3) is 0. The molecule has 0 fully saturated rings. The predicted molar refractivity (Wildman–Crippen MR) is 245 cm³/mol. The molecule has 0 aliphatic heterocycles. The lowest BCUT2D eigenvalue weighted by Gasteiger charge is -2.18. The van der Waals surface area contributed by atoms with Gasteiger partial charge in [-0.3, -0.25) is 0 Å². The van der Waals surface area contributed by atoms with Gasteiger partial charge in [-0.25, -0.2) is 0 Å². The first-order valence-electron chi connectivity index (χ1n) is 20.1. The van der Waals surface area contributed by atoms with Gasteiger partial charge in [0.15, 0.2) is 0 Å². The van der Waals surface area contributed by atoms with Crippen LogP contribution in [0.25, 0.3) is 132 Å².